The highest BCUT2D eigenvalue weighted by Crippen LogP contribution is 2.32. The van der Waals surface area contributed by atoms with E-state index in [1.165, 1.54) is 4.90 Å². The van der Waals surface area contributed by atoms with Crippen LogP contribution in [-0.2, 0) is 16.1 Å². The number of hydrogen-bond acceptors (Lipinski definition) is 6. The van der Waals surface area contributed by atoms with Crippen LogP contribution in [0.2, 0.25) is 0 Å². The minimum atomic E-state index is -0.867. The van der Waals surface area contributed by atoms with Crippen LogP contribution in [0.15, 0.2) is 59.5 Å². The monoisotopic (exact) mass is 428 g/mol. The first-order chi connectivity index (χ1) is 14.0. The van der Waals surface area contributed by atoms with E-state index < -0.39 is 5.44 Å². The largest absolute Gasteiger partial charge is 0.355 e. The van der Waals surface area contributed by atoms with Crippen LogP contribution >= 0.6 is 23.5 Å². The van der Waals surface area contributed by atoms with Crippen LogP contribution in [0.1, 0.15) is 22.8 Å². The molecule has 3 amide bonds. The van der Waals surface area contributed by atoms with E-state index in [-0.39, 0.29) is 36.2 Å². The number of rotatable bonds is 6. The molecule has 0 spiro atoms. The highest BCUT2D eigenvalue weighted by molar-refractivity contribution is 8.15. The van der Waals surface area contributed by atoms with Crippen LogP contribution in [0, 0.1) is 0 Å². The fraction of sp³-hybridized carbons (Fsp3) is 0.286. The molecule has 2 atom stereocenters. The zero-order valence-corrected chi connectivity index (χ0v) is 17.4. The lowest BCUT2D eigenvalue weighted by Crippen LogP contribution is -2.44. The molecule has 2 aromatic rings. The topological polar surface area (TPSA) is 66.9 Å². The summed E-state index contributed by atoms with van der Waals surface area (Å²) in [6.07, 6.45) is 0. The summed E-state index contributed by atoms with van der Waals surface area (Å²) in [7, 11) is 0. The lowest BCUT2D eigenvalue weighted by molar-refractivity contribution is -0.134. The van der Waals surface area contributed by atoms with Crippen molar-refractivity contribution in [3.8, 4) is 0 Å². The number of carbonyl (C=O) groups excluding carboxylic acids is 3. The first kappa shape index (κ1) is 20.0. The number of benzene rings is 2. The van der Waals surface area contributed by atoms with Crippen molar-refractivity contribution in [3.63, 3.8) is 0 Å². The molecule has 1 saturated heterocycles. The number of hydrogen-bond donors (Lipinski definition) is 0. The van der Waals surface area contributed by atoms with E-state index >= 15 is 0 Å². The van der Waals surface area contributed by atoms with Crippen molar-refractivity contribution in [2.75, 3.05) is 12.5 Å². The molecule has 0 N–H and O–H groups in total. The van der Waals surface area contributed by atoms with Crippen molar-refractivity contribution in [2.45, 2.75) is 29.8 Å². The van der Waals surface area contributed by atoms with Gasteiger partial charge in [-0.05, 0) is 36.4 Å². The highest BCUT2D eigenvalue weighted by atomic mass is 32.2. The molecule has 0 bridgehead atoms. The molecule has 4 rings (SSSR count). The van der Waals surface area contributed by atoms with Gasteiger partial charge in [-0.1, -0.05) is 42.5 Å². The molecule has 2 aliphatic heterocycles. The van der Waals surface area contributed by atoms with Gasteiger partial charge in [0.1, 0.15) is 0 Å². The summed E-state index contributed by atoms with van der Waals surface area (Å²) >= 11 is 2.49. The van der Waals surface area contributed by atoms with Crippen LogP contribution in [0.4, 0.5) is 4.79 Å². The first-order valence-electron chi connectivity index (χ1n) is 9.25. The second-order valence-corrected chi connectivity index (χ2v) is 8.85. The molecule has 8 heteroatoms. The van der Waals surface area contributed by atoms with Gasteiger partial charge in [0, 0.05) is 4.90 Å². The van der Waals surface area contributed by atoms with Gasteiger partial charge >= 0.3 is 0 Å². The van der Waals surface area contributed by atoms with Crippen molar-refractivity contribution >= 4 is 40.6 Å². The third kappa shape index (κ3) is 4.19. The Morgan fingerprint density at radius 2 is 1.79 bits per heavy atom. The predicted molar refractivity (Wildman–Crippen MR) is 113 cm³/mol. The van der Waals surface area contributed by atoms with Crippen LogP contribution in [0.3, 0.4) is 0 Å². The highest BCUT2D eigenvalue weighted by Gasteiger charge is 2.41. The molecule has 0 radical (unpaired) electrons. The van der Waals surface area contributed by atoms with E-state index in [0.29, 0.717) is 11.4 Å². The molecule has 2 unspecified atom stereocenters. The summed E-state index contributed by atoms with van der Waals surface area (Å²) in [5.74, 6) is 0.147. The Bertz CT molecular complexity index is 937. The summed E-state index contributed by atoms with van der Waals surface area (Å²) in [6, 6.07) is 16.7. The number of carbonyl (C=O) groups is 3. The van der Waals surface area contributed by atoms with Crippen LogP contribution in [-0.4, -0.2) is 50.8 Å². The third-order valence-corrected chi connectivity index (χ3v) is 6.89. The number of thioether (sulfide) groups is 2. The van der Waals surface area contributed by atoms with Gasteiger partial charge in [0.05, 0.1) is 30.6 Å². The molecule has 2 aromatic carbocycles. The Balaban J connectivity index is 1.35. The lowest BCUT2D eigenvalue weighted by atomic mass is 10.1. The van der Waals surface area contributed by atoms with Crippen molar-refractivity contribution < 1.29 is 19.1 Å². The van der Waals surface area contributed by atoms with Crippen LogP contribution < -0.4 is 0 Å². The SMILES string of the molecule is CC(COC1SC(=O)N(Cc2ccccc2)C1=O)N1CSc2ccccc2C1=O. The molecule has 0 saturated carbocycles. The quantitative estimate of drug-likeness (QED) is 0.697. The summed E-state index contributed by atoms with van der Waals surface area (Å²) in [5.41, 5.74) is 0.707. The smallest absolute Gasteiger partial charge is 0.291 e. The second-order valence-electron chi connectivity index (χ2n) is 6.85. The Morgan fingerprint density at radius 3 is 2.59 bits per heavy atom. The van der Waals surface area contributed by atoms with Crippen molar-refractivity contribution in [2.24, 2.45) is 0 Å². The Hall–Kier alpha value is -2.29. The van der Waals surface area contributed by atoms with Crippen molar-refractivity contribution in [1.82, 2.24) is 9.80 Å². The van der Waals surface area contributed by atoms with E-state index in [9.17, 15) is 14.4 Å². The van der Waals surface area contributed by atoms with Crippen LogP contribution in [0.5, 0.6) is 0 Å². The second kappa shape index (κ2) is 8.61. The molecule has 1 fully saturated rings. The Morgan fingerprint density at radius 1 is 1.07 bits per heavy atom. The van der Waals surface area contributed by atoms with Gasteiger partial charge < -0.3 is 9.64 Å². The first-order valence-corrected chi connectivity index (χ1v) is 11.1. The number of amides is 3. The normalized spacial score (nSPS) is 20.2. The molecule has 0 aliphatic carbocycles. The number of ether oxygens (including phenoxy) is 1. The summed E-state index contributed by atoms with van der Waals surface area (Å²) in [5, 5.41) is -0.310. The minimum Gasteiger partial charge on any atom is -0.355 e. The van der Waals surface area contributed by atoms with Crippen molar-refractivity contribution in [3.05, 3.63) is 65.7 Å². The fourth-order valence-corrected chi connectivity index (χ4v) is 5.18. The van der Waals surface area contributed by atoms with E-state index in [4.69, 9.17) is 4.74 Å². The van der Waals surface area contributed by atoms with Gasteiger partial charge in [0.15, 0.2) is 5.44 Å². The number of fused-ring (bicyclic) bond motifs is 1. The van der Waals surface area contributed by atoms with Crippen molar-refractivity contribution in [1.29, 1.82) is 0 Å². The van der Waals surface area contributed by atoms with Gasteiger partial charge in [0.25, 0.3) is 17.1 Å². The molecule has 150 valence electrons. The van der Waals surface area contributed by atoms with Gasteiger partial charge in [-0.25, -0.2) is 0 Å². The molecule has 2 heterocycles. The third-order valence-electron chi connectivity index (χ3n) is 4.84. The molecule has 6 nitrogen and oxygen atoms in total. The zero-order valence-electron chi connectivity index (χ0n) is 15.8. The predicted octanol–water partition coefficient (Wildman–Crippen LogP) is 3.82. The van der Waals surface area contributed by atoms with Gasteiger partial charge in [-0.3, -0.25) is 19.3 Å². The molecule has 29 heavy (non-hydrogen) atoms. The average Bonchev–Trinajstić information content (AvgIpc) is 3.01. The summed E-state index contributed by atoms with van der Waals surface area (Å²) < 4.78 is 5.75. The van der Waals surface area contributed by atoms with E-state index in [2.05, 4.69) is 0 Å². The molecular formula is C21H20N2O4S2. The van der Waals surface area contributed by atoms with Crippen LogP contribution in [0.25, 0.3) is 0 Å². The maximum absolute atomic E-state index is 12.7. The minimum absolute atomic E-state index is 0.0392. The summed E-state index contributed by atoms with van der Waals surface area (Å²) in [4.78, 5) is 41.5. The zero-order chi connectivity index (χ0) is 20.4. The fourth-order valence-electron chi connectivity index (χ4n) is 3.20. The average molecular weight is 429 g/mol. The molecule has 0 aromatic heterocycles. The number of imide groups is 1. The van der Waals surface area contributed by atoms with Gasteiger partial charge in [-0.15, -0.1) is 11.8 Å². The number of nitrogens with zero attached hydrogens (tertiary/aromatic N) is 2. The Labute approximate surface area is 177 Å². The lowest BCUT2D eigenvalue weighted by Gasteiger charge is -2.33. The van der Waals surface area contributed by atoms with E-state index in [1.807, 2.05) is 61.5 Å². The molecule has 2 aliphatic rings. The van der Waals surface area contributed by atoms with Gasteiger partial charge in [0.2, 0.25) is 0 Å². The molecular weight excluding hydrogens is 408 g/mol. The standard InChI is InChI=1S/C21H20N2O4S2/c1-14(23-13-28-17-10-6-5-9-16(17)18(23)24)12-27-20-19(25)22(21(26)29-20)11-15-7-3-2-4-8-15/h2-10,14,20H,11-13H2,1H3. The van der Waals surface area contributed by atoms with E-state index in [0.717, 1.165) is 22.2 Å². The maximum Gasteiger partial charge on any atom is 0.291 e. The van der Waals surface area contributed by atoms with Gasteiger partial charge in [-0.2, -0.15) is 0 Å². The Kier molecular flexibility index (Phi) is 5.94. The van der Waals surface area contributed by atoms with E-state index in [1.54, 1.807) is 16.7 Å². The maximum atomic E-state index is 12.7. The summed E-state index contributed by atoms with van der Waals surface area (Å²) in [6.45, 7) is 2.31.